The average Bonchev–Trinajstić information content (AvgIpc) is 2.90. The first-order valence-corrected chi connectivity index (χ1v) is 6.32. The number of benzene rings is 1. The molecular formula is C14H16N2O3. The Bertz CT molecular complexity index is 587. The number of likely N-dealkylation sites (N-methyl/N-ethyl adjacent to an activating group) is 1. The van der Waals surface area contributed by atoms with Crippen molar-refractivity contribution < 1.29 is 13.9 Å². The van der Waals surface area contributed by atoms with Crippen molar-refractivity contribution in [1.29, 1.82) is 0 Å². The number of carbonyl (C=O) groups excluding carboxylic acids is 1. The van der Waals surface area contributed by atoms with E-state index in [0.717, 1.165) is 16.7 Å². The highest BCUT2D eigenvalue weighted by Crippen LogP contribution is 2.28. The number of anilines is 1. The number of ether oxygens (including phenoxy) is 1. The molecule has 19 heavy (non-hydrogen) atoms. The van der Waals surface area contributed by atoms with Crippen LogP contribution >= 0.6 is 0 Å². The number of morpholine rings is 1. The van der Waals surface area contributed by atoms with Gasteiger partial charge in [-0.3, -0.25) is 4.79 Å². The summed E-state index contributed by atoms with van der Waals surface area (Å²) in [6.07, 6.45) is 1.62. The van der Waals surface area contributed by atoms with Gasteiger partial charge in [0.25, 0.3) is 0 Å². The van der Waals surface area contributed by atoms with Crippen molar-refractivity contribution >= 4 is 22.6 Å². The summed E-state index contributed by atoms with van der Waals surface area (Å²) in [6, 6.07) is 7.39. The molecule has 0 bridgehead atoms. The van der Waals surface area contributed by atoms with Gasteiger partial charge in [-0.1, -0.05) is 12.1 Å². The number of carbonyl (C=O) groups is 1. The molecule has 1 fully saturated rings. The van der Waals surface area contributed by atoms with Crippen molar-refractivity contribution in [2.45, 2.75) is 6.04 Å². The number of fused-ring (bicyclic) bond motifs is 1. The van der Waals surface area contributed by atoms with Crippen LogP contribution in [-0.2, 0) is 9.53 Å². The molecule has 5 nitrogen and oxygen atoms in total. The van der Waals surface area contributed by atoms with E-state index in [1.54, 1.807) is 18.2 Å². The lowest BCUT2D eigenvalue weighted by atomic mass is 10.2. The summed E-state index contributed by atoms with van der Waals surface area (Å²) >= 11 is 0. The summed E-state index contributed by atoms with van der Waals surface area (Å²) in [5, 5.41) is 4.10. The van der Waals surface area contributed by atoms with Crippen LogP contribution in [0.4, 0.5) is 5.69 Å². The van der Waals surface area contributed by atoms with E-state index in [4.69, 9.17) is 9.15 Å². The SMILES string of the molecule is CN(C(=O)C1COCCN1)c1coc2ccccc12. The Labute approximate surface area is 111 Å². The lowest BCUT2D eigenvalue weighted by Crippen LogP contribution is -2.51. The van der Waals surface area contributed by atoms with E-state index in [0.29, 0.717) is 19.8 Å². The van der Waals surface area contributed by atoms with Crippen LogP contribution in [0.5, 0.6) is 0 Å². The largest absolute Gasteiger partial charge is 0.462 e. The Balaban J connectivity index is 1.86. The molecule has 1 aliphatic heterocycles. The second-order valence-corrected chi connectivity index (χ2v) is 4.60. The molecule has 0 saturated carbocycles. The molecule has 1 atom stereocenters. The predicted molar refractivity (Wildman–Crippen MR) is 72.2 cm³/mol. The zero-order valence-corrected chi connectivity index (χ0v) is 10.8. The van der Waals surface area contributed by atoms with Gasteiger partial charge in [0.2, 0.25) is 5.91 Å². The molecule has 1 saturated heterocycles. The first kappa shape index (κ1) is 12.2. The van der Waals surface area contributed by atoms with Gasteiger partial charge in [-0.15, -0.1) is 0 Å². The lowest BCUT2D eigenvalue weighted by molar-refractivity contribution is -0.123. The van der Waals surface area contributed by atoms with E-state index in [1.165, 1.54) is 0 Å². The molecule has 2 heterocycles. The standard InChI is InChI=1S/C14H16N2O3/c1-16(14(17)11-8-18-7-6-15-11)12-9-19-13-5-3-2-4-10(12)13/h2-5,9,11,15H,6-8H2,1H3. The maximum Gasteiger partial charge on any atom is 0.246 e. The normalized spacial score (nSPS) is 19.5. The fourth-order valence-electron chi connectivity index (χ4n) is 2.30. The molecule has 1 amide bonds. The van der Waals surface area contributed by atoms with E-state index in [1.807, 2.05) is 24.3 Å². The number of hydrogen-bond acceptors (Lipinski definition) is 4. The molecule has 100 valence electrons. The molecular weight excluding hydrogens is 244 g/mol. The van der Waals surface area contributed by atoms with Gasteiger partial charge in [0.15, 0.2) is 0 Å². The van der Waals surface area contributed by atoms with Crippen LogP contribution in [0.3, 0.4) is 0 Å². The Morgan fingerprint density at radius 2 is 2.26 bits per heavy atom. The van der Waals surface area contributed by atoms with Crippen molar-refractivity contribution in [2.24, 2.45) is 0 Å². The van der Waals surface area contributed by atoms with Crippen LogP contribution in [0.1, 0.15) is 0 Å². The number of furan rings is 1. The molecule has 1 aliphatic rings. The van der Waals surface area contributed by atoms with Crippen LogP contribution in [0, 0.1) is 0 Å². The van der Waals surface area contributed by atoms with Crippen molar-refractivity contribution in [1.82, 2.24) is 5.32 Å². The molecule has 0 radical (unpaired) electrons. The molecule has 1 unspecified atom stereocenters. The minimum absolute atomic E-state index is 0.00810. The number of nitrogens with zero attached hydrogens (tertiary/aromatic N) is 1. The molecule has 1 N–H and O–H groups in total. The van der Waals surface area contributed by atoms with Crippen LogP contribution in [0.2, 0.25) is 0 Å². The first-order valence-electron chi connectivity index (χ1n) is 6.32. The highest BCUT2D eigenvalue weighted by Gasteiger charge is 2.26. The van der Waals surface area contributed by atoms with Gasteiger partial charge >= 0.3 is 0 Å². The Morgan fingerprint density at radius 1 is 1.42 bits per heavy atom. The van der Waals surface area contributed by atoms with Gasteiger partial charge < -0.3 is 19.4 Å². The zero-order valence-electron chi connectivity index (χ0n) is 10.8. The maximum absolute atomic E-state index is 12.4. The van der Waals surface area contributed by atoms with Gasteiger partial charge in [0.1, 0.15) is 17.9 Å². The minimum atomic E-state index is -0.285. The number of hydrogen-bond donors (Lipinski definition) is 1. The fraction of sp³-hybridized carbons (Fsp3) is 0.357. The average molecular weight is 260 g/mol. The number of rotatable bonds is 2. The third-order valence-corrected chi connectivity index (χ3v) is 3.37. The number of amides is 1. The van der Waals surface area contributed by atoms with Gasteiger partial charge in [-0.2, -0.15) is 0 Å². The maximum atomic E-state index is 12.4. The Morgan fingerprint density at radius 3 is 3.05 bits per heavy atom. The van der Waals surface area contributed by atoms with Gasteiger partial charge in [-0.05, 0) is 12.1 Å². The van der Waals surface area contributed by atoms with Crippen LogP contribution < -0.4 is 10.2 Å². The van der Waals surface area contributed by atoms with Gasteiger partial charge in [0, 0.05) is 19.0 Å². The summed E-state index contributed by atoms with van der Waals surface area (Å²) in [4.78, 5) is 14.0. The number of para-hydroxylation sites is 1. The topological polar surface area (TPSA) is 54.7 Å². The number of nitrogens with one attached hydrogen (secondary N) is 1. The molecule has 1 aromatic carbocycles. The van der Waals surface area contributed by atoms with Crippen LogP contribution in [-0.4, -0.2) is 38.8 Å². The predicted octanol–water partition coefficient (Wildman–Crippen LogP) is 1.38. The van der Waals surface area contributed by atoms with E-state index >= 15 is 0 Å². The highest BCUT2D eigenvalue weighted by atomic mass is 16.5. The smallest absolute Gasteiger partial charge is 0.246 e. The Kier molecular flexibility index (Phi) is 3.23. The van der Waals surface area contributed by atoms with Gasteiger partial charge in [-0.25, -0.2) is 0 Å². The van der Waals surface area contributed by atoms with E-state index in [2.05, 4.69) is 5.32 Å². The molecule has 3 rings (SSSR count). The van der Waals surface area contributed by atoms with E-state index in [9.17, 15) is 4.79 Å². The lowest BCUT2D eigenvalue weighted by Gasteiger charge is -2.27. The van der Waals surface area contributed by atoms with Crippen LogP contribution in [0.15, 0.2) is 34.9 Å². The second-order valence-electron chi connectivity index (χ2n) is 4.60. The Hall–Kier alpha value is -1.85. The monoisotopic (exact) mass is 260 g/mol. The van der Waals surface area contributed by atoms with Crippen LogP contribution in [0.25, 0.3) is 11.0 Å². The quantitative estimate of drug-likeness (QED) is 0.886. The van der Waals surface area contributed by atoms with E-state index in [-0.39, 0.29) is 11.9 Å². The van der Waals surface area contributed by atoms with Gasteiger partial charge in [0.05, 0.1) is 18.9 Å². The third-order valence-electron chi connectivity index (χ3n) is 3.37. The summed E-state index contributed by atoms with van der Waals surface area (Å²) in [6.45, 7) is 1.78. The molecule has 0 spiro atoms. The van der Waals surface area contributed by atoms with E-state index < -0.39 is 0 Å². The summed E-state index contributed by atoms with van der Waals surface area (Å²) in [5.74, 6) is -0.00810. The van der Waals surface area contributed by atoms with Crippen molar-refractivity contribution in [3.05, 3.63) is 30.5 Å². The molecule has 0 aliphatic carbocycles. The third kappa shape index (κ3) is 2.22. The molecule has 1 aromatic heterocycles. The molecule has 2 aromatic rings. The summed E-state index contributed by atoms with van der Waals surface area (Å²) in [7, 11) is 1.76. The highest BCUT2D eigenvalue weighted by molar-refractivity contribution is 6.04. The first-order chi connectivity index (χ1) is 9.27. The fourth-order valence-corrected chi connectivity index (χ4v) is 2.30. The van der Waals surface area contributed by atoms with Crippen molar-refractivity contribution in [3.8, 4) is 0 Å². The minimum Gasteiger partial charge on any atom is -0.462 e. The van der Waals surface area contributed by atoms with Crippen molar-refractivity contribution in [2.75, 3.05) is 31.7 Å². The zero-order chi connectivity index (χ0) is 13.2. The summed E-state index contributed by atoms with van der Waals surface area (Å²) in [5.41, 5.74) is 1.57. The molecule has 5 heteroatoms. The summed E-state index contributed by atoms with van der Waals surface area (Å²) < 4.78 is 10.8. The van der Waals surface area contributed by atoms with Crippen molar-refractivity contribution in [3.63, 3.8) is 0 Å². The second kappa shape index (κ2) is 5.03.